The second kappa shape index (κ2) is 6.30. The highest BCUT2D eigenvalue weighted by Crippen LogP contribution is 2.40. The number of hydrogen-bond acceptors (Lipinski definition) is 3. The van der Waals surface area contributed by atoms with Gasteiger partial charge in [0.1, 0.15) is 0 Å². The fourth-order valence-corrected chi connectivity index (χ4v) is 4.16. The van der Waals surface area contributed by atoms with Crippen LogP contribution >= 0.6 is 22.6 Å². The Balaban J connectivity index is 1.78. The van der Waals surface area contributed by atoms with Gasteiger partial charge >= 0.3 is 0 Å². The fourth-order valence-electron chi connectivity index (χ4n) is 3.59. The molecule has 2 aliphatic rings. The van der Waals surface area contributed by atoms with Gasteiger partial charge in [0.2, 0.25) is 0 Å². The van der Waals surface area contributed by atoms with Crippen molar-refractivity contribution in [2.24, 2.45) is 5.92 Å². The molecule has 0 amide bonds. The van der Waals surface area contributed by atoms with E-state index in [0.29, 0.717) is 12.0 Å². The van der Waals surface area contributed by atoms with Crippen LogP contribution in [0.25, 0.3) is 0 Å². The molecule has 2 heterocycles. The van der Waals surface area contributed by atoms with Gasteiger partial charge in [-0.05, 0) is 66.1 Å². The van der Waals surface area contributed by atoms with Crippen molar-refractivity contribution in [3.05, 3.63) is 33.4 Å². The number of nitrogens with one attached hydrogen (secondary N) is 1. The maximum Gasteiger partial charge on any atom is 0.0940 e. The first-order chi connectivity index (χ1) is 9.72. The Labute approximate surface area is 134 Å². The molecular weight excluding hydrogens is 365 g/mol. The van der Waals surface area contributed by atoms with Gasteiger partial charge in [-0.3, -0.25) is 0 Å². The highest BCUT2D eigenvalue weighted by atomic mass is 127. The molecule has 1 N–H and O–H groups in total. The third kappa shape index (κ3) is 3.03. The Morgan fingerprint density at radius 2 is 2.30 bits per heavy atom. The minimum atomic E-state index is -0.0139. The Morgan fingerprint density at radius 1 is 1.40 bits per heavy atom. The van der Waals surface area contributed by atoms with Gasteiger partial charge in [-0.1, -0.05) is 12.1 Å². The van der Waals surface area contributed by atoms with Crippen molar-refractivity contribution in [1.82, 2.24) is 5.32 Å². The summed E-state index contributed by atoms with van der Waals surface area (Å²) in [7, 11) is 2.07. The van der Waals surface area contributed by atoms with E-state index in [-0.39, 0.29) is 5.60 Å². The van der Waals surface area contributed by atoms with Gasteiger partial charge in [-0.2, -0.15) is 0 Å². The Kier molecular flexibility index (Phi) is 4.65. The van der Waals surface area contributed by atoms with Crippen molar-refractivity contribution in [2.45, 2.75) is 30.9 Å². The molecule has 0 aromatic heterocycles. The third-order valence-corrected chi connectivity index (χ3v) is 5.26. The van der Waals surface area contributed by atoms with Crippen molar-refractivity contribution in [3.63, 3.8) is 0 Å². The largest absolute Gasteiger partial charge is 0.378 e. The molecule has 3 nitrogen and oxygen atoms in total. The lowest BCUT2D eigenvalue weighted by Gasteiger charge is -2.40. The van der Waals surface area contributed by atoms with Gasteiger partial charge in [0.15, 0.2) is 0 Å². The van der Waals surface area contributed by atoms with Gasteiger partial charge in [-0.25, -0.2) is 0 Å². The molecule has 20 heavy (non-hydrogen) atoms. The van der Waals surface area contributed by atoms with E-state index in [0.717, 1.165) is 39.1 Å². The van der Waals surface area contributed by atoms with E-state index in [2.05, 4.69) is 59.2 Å². The molecule has 2 aliphatic heterocycles. The number of benzene rings is 1. The molecule has 4 heteroatoms. The van der Waals surface area contributed by atoms with Crippen LogP contribution in [-0.2, 0) is 9.47 Å². The molecule has 3 atom stereocenters. The average Bonchev–Trinajstić information content (AvgIpc) is 2.88. The zero-order chi connectivity index (χ0) is 14.0. The van der Waals surface area contributed by atoms with E-state index in [1.54, 1.807) is 0 Å². The SMILES string of the molecule is CNC(c1cccc(I)c1)C1CCOC2(CCOC2)C1. The van der Waals surface area contributed by atoms with Crippen molar-refractivity contribution in [1.29, 1.82) is 0 Å². The first-order valence-corrected chi connectivity index (χ1v) is 8.45. The summed E-state index contributed by atoms with van der Waals surface area (Å²) in [5, 5.41) is 3.52. The number of halogens is 1. The molecule has 1 aromatic rings. The van der Waals surface area contributed by atoms with E-state index in [1.165, 1.54) is 9.13 Å². The van der Waals surface area contributed by atoms with Crippen molar-refractivity contribution >= 4 is 22.6 Å². The molecule has 0 aliphatic carbocycles. The Hall–Kier alpha value is -0.170. The molecule has 0 bridgehead atoms. The lowest BCUT2D eigenvalue weighted by atomic mass is 9.79. The van der Waals surface area contributed by atoms with Crippen LogP contribution in [0, 0.1) is 9.49 Å². The lowest BCUT2D eigenvalue weighted by Crippen LogP contribution is -2.43. The molecule has 0 radical (unpaired) electrons. The molecule has 1 spiro atoms. The summed E-state index contributed by atoms with van der Waals surface area (Å²) < 4.78 is 12.9. The van der Waals surface area contributed by atoms with Crippen LogP contribution in [0.4, 0.5) is 0 Å². The van der Waals surface area contributed by atoms with E-state index in [4.69, 9.17) is 9.47 Å². The summed E-state index contributed by atoms with van der Waals surface area (Å²) >= 11 is 2.39. The molecule has 2 saturated heterocycles. The summed E-state index contributed by atoms with van der Waals surface area (Å²) in [5.74, 6) is 0.619. The summed E-state index contributed by atoms with van der Waals surface area (Å²) in [6, 6.07) is 9.22. The van der Waals surface area contributed by atoms with Crippen molar-refractivity contribution < 1.29 is 9.47 Å². The number of ether oxygens (including phenoxy) is 2. The van der Waals surface area contributed by atoms with Crippen LogP contribution in [-0.4, -0.2) is 32.5 Å². The summed E-state index contributed by atoms with van der Waals surface area (Å²) in [5.41, 5.74) is 1.38. The zero-order valence-electron chi connectivity index (χ0n) is 11.9. The molecular formula is C16H22INO2. The highest BCUT2D eigenvalue weighted by molar-refractivity contribution is 14.1. The van der Waals surface area contributed by atoms with Crippen LogP contribution in [0.5, 0.6) is 0 Å². The van der Waals surface area contributed by atoms with Crippen LogP contribution in [0.1, 0.15) is 30.9 Å². The minimum absolute atomic E-state index is 0.0139. The minimum Gasteiger partial charge on any atom is -0.378 e. The summed E-state index contributed by atoms with van der Waals surface area (Å²) in [4.78, 5) is 0. The lowest BCUT2D eigenvalue weighted by molar-refractivity contribution is -0.103. The topological polar surface area (TPSA) is 30.5 Å². The Bertz CT molecular complexity index is 460. The standard InChI is InChI=1S/C16H22INO2/c1-18-15(12-3-2-4-14(17)9-12)13-5-7-20-16(10-13)6-8-19-11-16/h2-4,9,13,15,18H,5-8,10-11H2,1H3. The smallest absolute Gasteiger partial charge is 0.0940 e. The normalized spacial score (nSPS) is 31.6. The number of rotatable bonds is 3. The predicted molar refractivity (Wildman–Crippen MR) is 87.8 cm³/mol. The Morgan fingerprint density at radius 3 is 3.00 bits per heavy atom. The van der Waals surface area contributed by atoms with Crippen LogP contribution < -0.4 is 5.32 Å². The average molecular weight is 387 g/mol. The van der Waals surface area contributed by atoms with Gasteiger partial charge in [0.25, 0.3) is 0 Å². The third-order valence-electron chi connectivity index (χ3n) is 4.59. The van der Waals surface area contributed by atoms with Gasteiger partial charge in [-0.15, -0.1) is 0 Å². The molecule has 1 aromatic carbocycles. The van der Waals surface area contributed by atoms with E-state index in [9.17, 15) is 0 Å². The zero-order valence-corrected chi connectivity index (χ0v) is 14.1. The molecule has 3 unspecified atom stereocenters. The molecule has 0 saturated carbocycles. The van der Waals surface area contributed by atoms with E-state index >= 15 is 0 Å². The van der Waals surface area contributed by atoms with Crippen molar-refractivity contribution in [3.8, 4) is 0 Å². The van der Waals surface area contributed by atoms with Gasteiger partial charge in [0.05, 0.1) is 12.2 Å². The van der Waals surface area contributed by atoms with Gasteiger partial charge < -0.3 is 14.8 Å². The van der Waals surface area contributed by atoms with Gasteiger partial charge in [0, 0.05) is 29.2 Å². The van der Waals surface area contributed by atoms with Crippen molar-refractivity contribution in [2.75, 3.05) is 26.9 Å². The van der Waals surface area contributed by atoms with E-state index in [1.807, 2.05) is 0 Å². The van der Waals surface area contributed by atoms with E-state index < -0.39 is 0 Å². The number of hydrogen-bond donors (Lipinski definition) is 1. The molecule has 3 rings (SSSR count). The maximum atomic E-state index is 6.06. The first kappa shape index (κ1) is 14.8. The fraction of sp³-hybridized carbons (Fsp3) is 0.625. The predicted octanol–water partition coefficient (Wildman–Crippen LogP) is 3.14. The van der Waals surface area contributed by atoms with Crippen LogP contribution in [0.2, 0.25) is 0 Å². The molecule has 2 fully saturated rings. The highest BCUT2D eigenvalue weighted by Gasteiger charge is 2.42. The monoisotopic (exact) mass is 387 g/mol. The first-order valence-electron chi connectivity index (χ1n) is 7.37. The van der Waals surface area contributed by atoms with Crippen LogP contribution in [0.3, 0.4) is 0 Å². The quantitative estimate of drug-likeness (QED) is 0.809. The van der Waals surface area contributed by atoms with Crippen LogP contribution in [0.15, 0.2) is 24.3 Å². The second-order valence-corrected chi connectivity index (χ2v) is 7.15. The summed E-state index contributed by atoms with van der Waals surface area (Å²) in [6.45, 7) is 2.47. The molecule has 110 valence electrons. The maximum absolute atomic E-state index is 6.06. The summed E-state index contributed by atoms with van der Waals surface area (Å²) in [6.07, 6.45) is 3.27. The second-order valence-electron chi connectivity index (χ2n) is 5.91.